The third-order valence-electron chi connectivity index (χ3n) is 5.47. The van der Waals surface area contributed by atoms with Gasteiger partial charge < -0.3 is 10.2 Å². The van der Waals surface area contributed by atoms with E-state index >= 15 is 0 Å². The maximum absolute atomic E-state index is 13.2. The number of piperidine rings is 1. The molecular formula is C22H33N3O. The second-order valence-corrected chi connectivity index (χ2v) is 9.60. The summed E-state index contributed by atoms with van der Waals surface area (Å²) in [5.41, 5.74) is 1.60. The second kappa shape index (κ2) is 7.70. The molecular weight excluding hydrogens is 322 g/mol. The zero-order valence-electron chi connectivity index (χ0n) is 17.1. The molecule has 1 aromatic carbocycles. The molecule has 0 saturated carbocycles. The summed E-state index contributed by atoms with van der Waals surface area (Å²) in [6.07, 6.45) is 2.14. The Morgan fingerprint density at radius 1 is 1.12 bits per heavy atom. The number of carbonyl (C=O) groups excluding carboxylic acids is 1. The minimum absolute atomic E-state index is 0.175. The number of hydrogen-bond donors (Lipinski definition) is 1. The number of nitrogens with one attached hydrogen (secondary N) is 1. The van der Waals surface area contributed by atoms with Crippen LogP contribution in [-0.2, 0) is 4.79 Å². The predicted molar refractivity (Wildman–Crippen MR) is 107 cm³/mol. The van der Waals surface area contributed by atoms with Gasteiger partial charge in [0, 0.05) is 18.8 Å². The number of nitrogens with zero attached hydrogens (tertiary/aromatic N) is 2. The van der Waals surface area contributed by atoms with Crippen molar-refractivity contribution in [2.75, 3.05) is 18.4 Å². The molecule has 1 atom stereocenters. The lowest BCUT2D eigenvalue weighted by molar-refractivity contribution is -0.136. The fourth-order valence-corrected chi connectivity index (χ4v) is 3.60. The molecule has 2 rings (SSSR count). The fourth-order valence-electron chi connectivity index (χ4n) is 3.60. The van der Waals surface area contributed by atoms with Gasteiger partial charge in [0.05, 0.1) is 11.6 Å². The van der Waals surface area contributed by atoms with Gasteiger partial charge >= 0.3 is 0 Å². The lowest BCUT2D eigenvalue weighted by atomic mass is 9.75. The van der Waals surface area contributed by atoms with Crippen LogP contribution >= 0.6 is 0 Å². The van der Waals surface area contributed by atoms with E-state index in [0.717, 1.165) is 31.6 Å². The van der Waals surface area contributed by atoms with Crippen molar-refractivity contribution in [2.24, 2.45) is 16.7 Å². The molecule has 1 heterocycles. The molecule has 4 nitrogen and oxygen atoms in total. The summed E-state index contributed by atoms with van der Waals surface area (Å²) in [7, 11) is 0. The van der Waals surface area contributed by atoms with Crippen LogP contribution in [0.5, 0.6) is 0 Å². The molecule has 1 aromatic rings. The van der Waals surface area contributed by atoms with Crippen LogP contribution in [0.25, 0.3) is 0 Å². The van der Waals surface area contributed by atoms with Crippen LogP contribution in [0, 0.1) is 28.1 Å². The first-order chi connectivity index (χ1) is 12.0. The predicted octanol–water partition coefficient (Wildman–Crippen LogP) is 4.67. The number of likely N-dealkylation sites (tertiary alicyclic amines) is 1. The molecule has 1 aliphatic rings. The number of nitriles is 1. The van der Waals surface area contributed by atoms with Gasteiger partial charge in [-0.15, -0.1) is 0 Å². The molecule has 142 valence electrons. The highest BCUT2D eigenvalue weighted by atomic mass is 16.2. The van der Waals surface area contributed by atoms with Crippen molar-refractivity contribution in [3.63, 3.8) is 0 Å². The summed E-state index contributed by atoms with van der Waals surface area (Å²) in [6.45, 7) is 14.8. The molecule has 1 saturated heterocycles. The summed E-state index contributed by atoms with van der Waals surface area (Å²) in [4.78, 5) is 15.3. The van der Waals surface area contributed by atoms with Crippen LogP contribution < -0.4 is 5.32 Å². The van der Waals surface area contributed by atoms with Crippen LogP contribution in [0.3, 0.4) is 0 Å². The van der Waals surface area contributed by atoms with E-state index in [9.17, 15) is 4.79 Å². The van der Waals surface area contributed by atoms with E-state index < -0.39 is 0 Å². The molecule has 26 heavy (non-hydrogen) atoms. The molecule has 1 unspecified atom stereocenters. The lowest BCUT2D eigenvalue weighted by Crippen LogP contribution is -2.52. The van der Waals surface area contributed by atoms with Gasteiger partial charge in [0.1, 0.15) is 6.04 Å². The van der Waals surface area contributed by atoms with Gasteiger partial charge in [-0.3, -0.25) is 4.79 Å². The Labute approximate surface area is 158 Å². The average Bonchev–Trinajstić information content (AvgIpc) is 2.58. The van der Waals surface area contributed by atoms with Crippen LogP contribution in [0.1, 0.15) is 59.9 Å². The van der Waals surface area contributed by atoms with E-state index in [2.05, 4.69) is 52.9 Å². The molecule has 1 fully saturated rings. The molecule has 0 spiro atoms. The maximum Gasteiger partial charge on any atom is 0.245 e. The standard InChI is InChI=1S/C22H33N3O/c1-21(2,3)17-11-13-25(14-12-17)20(26)19(22(4,5)6)24-18-9-7-16(15-23)8-10-18/h7-10,17,19,24H,11-14H2,1-6H3. The van der Waals surface area contributed by atoms with E-state index in [1.165, 1.54) is 0 Å². The van der Waals surface area contributed by atoms with E-state index in [1.807, 2.05) is 17.0 Å². The molecule has 0 aliphatic carbocycles. The molecule has 0 aromatic heterocycles. The van der Waals surface area contributed by atoms with Gasteiger partial charge in [0.15, 0.2) is 0 Å². The molecule has 0 bridgehead atoms. The smallest absolute Gasteiger partial charge is 0.245 e. The third-order valence-corrected chi connectivity index (χ3v) is 5.47. The van der Waals surface area contributed by atoms with E-state index in [1.54, 1.807) is 12.1 Å². The number of rotatable bonds is 3. The quantitative estimate of drug-likeness (QED) is 0.857. The van der Waals surface area contributed by atoms with Crippen molar-refractivity contribution in [2.45, 2.75) is 60.4 Å². The van der Waals surface area contributed by atoms with Crippen LogP contribution in [-0.4, -0.2) is 29.9 Å². The number of amides is 1. The van der Waals surface area contributed by atoms with Crippen LogP contribution in [0.15, 0.2) is 24.3 Å². The molecule has 1 N–H and O–H groups in total. The Morgan fingerprint density at radius 3 is 2.08 bits per heavy atom. The zero-order valence-corrected chi connectivity index (χ0v) is 17.1. The van der Waals surface area contributed by atoms with E-state index in [0.29, 0.717) is 16.9 Å². The van der Waals surface area contributed by atoms with Gasteiger partial charge in [-0.25, -0.2) is 0 Å². The summed E-state index contributed by atoms with van der Waals surface area (Å²) in [5.74, 6) is 0.848. The molecule has 0 radical (unpaired) electrons. The van der Waals surface area contributed by atoms with Gasteiger partial charge in [-0.05, 0) is 53.9 Å². The maximum atomic E-state index is 13.2. The average molecular weight is 356 g/mol. The monoisotopic (exact) mass is 355 g/mol. The molecule has 1 aliphatic heterocycles. The summed E-state index contributed by atoms with van der Waals surface area (Å²) in [6, 6.07) is 9.14. The minimum atomic E-state index is -0.290. The van der Waals surface area contributed by atoms with Gasteiger partial charge in [0.25, 0.3) is 0 Å². The Bertz CT molecular complexity index is 651. The Hall–Kier alpha value is -2.02. The SMILES string of the molecule is CC(C)(C)C1CCN(C(=O)C(Nc2ccc(C#N)cc2)C(C)(C)C)CC1. The fraction of sp³-hybridized carbons (Fsp3) is 0.636. The molecule has 1 amide bonds. The lowest BCUT2D eigenvalue weighted by Gasteiger charge is -2.42. The van der Waals surface area contributed by atoms with Gasteiger partial charge in [0.2, 0.25) is 5.91 Å². The molecule has 4 heteroatoms. The van der Waals surface area contributed by atoms with Gasteiger partial charge in [-0.1, -0.05) is 41.5 Å². The number of hydrogen-bond acceptors (Lipinski definition) is 3. The van der Waals surface area contributed by atoms with E-state index in [4.69, 9.17) is 5.26 Å². The first-order valence-corrected chi connectivity index (χ1v) is 9.58. The van der Waals surface area contributed by atoms with Crippen molar-refractivity contribution in [1.82, 2.24) is 4.90 Å². The Kier molecular flexibility index (Phi) is 6.01. The van der Waals surface area contributed by atoms with Crippen molar-refractivity contribution in [3.05, 3.63) is 29.8 Å². The zero-order chi connectivity index (χ0) is 19.5. The van der Waals surface area contributed by atoms with Gasteiger partial charge in [-0.2, -0.15) is 5.26 Å². The number of benzene rings is 1. The van der Waals surface area contributed by atoms with Crippen molar-refractivity contribution < 1.29 is 4.79 Å². The highest BCUT2D eigenvalue weighted by Gasteiger charge is 2.37. The third kappa shape index (κ3) is 5.00. The topological polar surface area (TPSA) is 56.1 Å². The second-order valence-electron chi connectivity index (χ2n) is 9.60. The first-order valence-electron chi connectivity index (χ1n) is 9.58. The first kappa shape index (κ1) is 20.3. The van der Waals surface area contributed by atoms with Crippen molar-refractivity contribution in [3.8, 4) is 6.07 Å². The normalized spacial score (nSPS) is 17.5. The van der Waals surface area contributed by atoms with Crippen molar-refractivity contribution >= 4 is 11.6 Å². The summed E-state index contributed by atoms with van der Waals surface area (Å²) >= 11 is 0. The van der Waals surface area contributed by atoms with Crippen LogP contribution in [0.4, 0.5) is 5.69 Å². The number of carbonyl (C=O) groups is 1. The van der Waals surface area contributed by atoms with E-state index in [-0.39, 0.29) is 17.4 Å². The van der Waals surface area contributed by atoms with Crippen LogP contribution in [0.2, 0.25) is 0 Å². The summed E-state index contributed by atoms with van der Waals surface area (Å²) in [5, 5.41) is 12.4. The Morgan fingerprint density at radius 2 is 1.65 bits per heavy atom. The summed E-state index contributed by atoms with van der Waals surface area (Å²) < 4.78 is 0. The number of anilines is 1. The minimum Gasteiger partial charge on any atom is -0.373 e. The highest BCUT2D eigenvalue weighted by molar-refractivity contribution is 5.85. The largest absolute Gasteiger partial charge is 0.373 e. The Balaban J connectivity index is 2.09. The highest BCUT2D eigenvalue weighted by Crippen LogP contribution is 2.35. The van der Waals surface area contributed by atoms with Crippen molar-refractivity contribution in [1.29, 1.82) is 5.26 Å².